The molecular weight excluding hydrogens is 196 g/mol. The molecule has 3 heteroatoms. The molecule has 2 rings (SSSR count). The van der Waals surface area contributed by atoms with Crippen molar-refractivity contribution in [2.24, 2.45) is 0 Å². The second-order valence-electron chi connectivity index (χ2n) is 3.48. The van der Waals surface area contributed by atoms with Crippen molar-refractivity contribution in [2.45, 2.75) is 31.4 Å². The Balaban J connectivity index is 2.17. The first kappa shape index (κ1) is 9.84. The van der Waals surface area contributed by atoms with Crippen LogP contribution in [0.25, 0.3) is 0 Å². The van der Waals surface area contributed by atoms with E-state index in [0.717, 1.165) is 29.9 Å². The zero-order chi connectivity index (χ0) is 9.97. The third kappa shape index (κ3) is 1.73. The Labute approximate surface area is 88.1 Å². The molecule has 0 aromatic carbocycles. The van der Waals surface area contributed by atoms with Gasteiger partial charge in [-0.2, -0.15) is 11.8 Å². The van der Waals surface area contributed by atoms with E-state index >= 15 is 0 Å². The molecule has 0 amide bonds. The first-order valence-corrected chi connectivity index (χ1v) is 6.10. The van der Waals surface area contributed by atoms with Crippen LogP contribution in [-0.2, 0) is 6.42 Å². The fraction of sp³-hybridized carbons (Fsp3) is 0.545. The van der Waals surface area contributed by atoms with Crippen molar-refractivity contribution in [1.29, 1.82) is 0 Å². The van der Waals surface area contributed by atoms with Crippen LogP contribution in [0, 0.1) is 0 Å². The van der Waals surface area contributed by atoms with Gasteiger partial charge in [0.15, 0.2) is 5.78 Å². The lowest BCUT2D eigenvalue weighted by Gasteiger charge is -2.06. The summed E-state index contributed by atoms with van der Waals surface area (Å²) in [6, 6.07) is 1.81. The van der Waals surface area contributed by atoms with E-state index in [1.165, 1.54) is 6.42 Å². The number of Topliss-reactive ketones (excluding diaryl/α,β-unsaturated/α-hetero) is 1. The number of hydrogen-bond acceptors (Lipinski definition) is 3. The Morgan fingerprint density at radius 1 is 1.71 bits per heavy atom. The fourth-order valence-electron chi connectivity index (χ4n) is 1.79. The number of furan rings is 1. The van der Waals surface area contributed by atoms with Crippen LogP contribution in [0.4, 0.5) is 0 Å². The molecule has 76 valence electrons. The Hall–Kier alpha value is -0.700. The molecule has 1 unspecified atom stereocenters. The zero-order valence-electron chi connectivity index (χ0n) is 8.29. The van der Waals surface area contributed by atoms with Crippen LogP contribution in [0.1, 0.15) is 35.9 Å². The highest BCUT2D eigenvalue weighted by atomic mass is 32.2. The number of rotatable bonds is 3. The molecule has 0 spiro atoms. The molecule has 0 aliphatic carbocycles. The highest BCUT2D eigenvalue weighted by Gasteiger charge is 2.26. The van der Waals surface area contributed by atoms with Crippen LogP contribution in [0.2, 0.25) is 0 Å². The molecule has 1 aliphatic heterocycles. The van der Waals surface area contributed by atoms with Gasteiger partial charge in [-0.3, -0.25) is 4.79 Å². The second-order valence-corrected chi connectivity index (χ2v) is 4.79. The van der Waals surface area contributed by atoms with Crippen molar-refractivity contribution < 1.29 is 9.21 Å². The van der Waals surface area contributed by atoms with Gasteiger partial charge in [0.05, 0.1) is 17.1 Å². The molecule has 1 atom stereocenters. The SMILES string of the molecule is CCc1occc1C(=O)C1CCCS1. The highest BCUT2D eigenvalue weighted by molar-refractivity contribution is 8.00. The number of carbonyl (C=O) groups excluding carboxylic acids is 1. The summed E-state index contributed by atoms with van der Waals surface area (Å²) in [5.41, 5.74) is 0.798. The van der Waals surface area contributed by atoms with Crippen LogP contribution >= 0.6 is 11.8 Å². The molecule has 14 heavy (non-hydrogen) atoms. The molecule has 1 fully saturated rings. The summed E-state index contributed by atoms with van der Waals surface area (Å²) in [6.07, 6.45) is 4.61. The van der Waals surface area contributed by atoms with Crippen molar-refractivity contribution in [2.75, 3.05) is 5.75 Å². The summed E-state index contributed by atoms with van der Waals surface area (Å²) in [4.78, 5) is 12.0. The number of aryl methyl sites for hydroxylation is 1. The highest BCUT2D eigenvalue weighted by Crippen LogP contribution is 2.30. The summed E-state index contributed by atoms with van der Waals surface area (Å²) in [6.45, 7) is 2.01. The molecule has 2 heterocycles. The van der Waals surface area contributed by atoms with Gasteiger partial charge >= 0.3 is 0 Å². The lowest BCUT2D eigenvalue weighted by Crippen LogP contribution is -2.14. The van der Waals surface area contributed by atoms with Gasteiger partial charge in [0, 0.05) is 6.42 Å². The Morgan fingerprint density at radius 3 is 3.21 bits per heavy atom. The first-order valence-electron chi connectivity index (χ1n) is 5.05. The van der Waals surface area contributed by atoms with Crippen molar-refractivity contribution in [1.82, 2.24) is 0 Å². The Morgan fingerprint density at radius 2 is 2.57 bits per heavy atom. The normalized spacial score (nSPS) is 21.4. The maximum atomic E-state index is 12.0. The largest absolute Gasteiger partial charge is 0.469 e. The molecule has 1 aromatic heterocycles. The maximum absolute atomic E-state index is 12.0. The minimum Gasteiger partial charge on any atom is -0.469 e. The van der Waals surface area contributed by atoms with E-state index in [1.807, 2.05) is 6.92 Å². The van der Waals surface area contributed by atoms with Gasteiger partial charge in [0.1, 0.15) is 5.76 Å². The average molecular weight is 210 g/mol. The third-order valence-electron chi connectivity index (χ3n) is 2.55. The zero-order valence-corrected chi connectivity index (χ0v) is 9.10. The van der Waals surface area contributed by atoms with Gasteiger partial charge in [0.25, 0.3) is 0 Å². The van der Waals surface area contributed by atoms with E-state index in [2.05, 4.69) is 0 Å². The quantitative estimate of drug-likeness (QED) is 0.718. The van der Waals surface area contributed by atoms with E-state index < -0.39 is 0 Å². The standard InChI is InChI=1S/C11H14O2S/c1-2-9-8(5-6-13-9)11(12)10-4-3-7-14-10/h5-6,10H,2-4,7H2,1H3. The number of ketones is 1. The molecule has 2 nitrogen and oxygen atoms in total. The van der Waals surface area contributed by atoms with Gasteiger partial charge in [0.2, 0.25) is 0 Å². The average Bonchev–Trinajstić information content (AvgIpc) is 2.87. The van der Waals surface area contributed by atoms with E-state index in [9.17, 15) is 4.79 Å². The van der Waals surface area contributed by atoms with Gasteiger partial charge < -0.3 is 4.42 Å². The molecule has 0 radical (unpaired) electrons. The van der Waals surface area contributed by atoms with Crippen LogP contribution < -0.4 is 0 Å². The summed E-state index contributed by atoms with van der Waals surface area (Å²) in [5.74, 6) is 2.22. The van der Waals surface area contributed by atoms with Crippen molar-refractivity contribution >= 4 is 17.5 Å². The van der Waals surface area contributed by atoms with Crippen LogP contribution in [0.5, 0.6) is 0 Å². The molecule has 1 saturated heterocycles. The maximum Gasteiger partial charge on any atom is 0.179 e. The topological polar surface area (TPSA) is 30.2 Å². The molecule has 0 saturated carbocycles. The molecule has 0 bridgehead atoms. The summed E-state index contributed by atoms with van der Waals surface area (Å²) in [5, 5.41) is 0.179. The first-order chi connectivity index (χ1) is 6.83. The fourth-order valence-corrected chi connectivity index (χ4v) is 3.02. The van der Waals surface area contributed by atoms with Crippen LogP contribution in [-0.4, -0.2) is 16.8 Å². The number of thioether (sulfide) groups is 1. The number of carbonyl (C=O) groups is 1. The summed E-state index contributed by atoms with van der Waals surface area (Å²) < 4.78 is 5.26. The lowest BCUT2D eigenvalue weighted by atomic mass is 10.1. The van der Waals surface area contributed by atoms with E-state index in [-0.39, 0.29) is 11.0 Å². The minimum atomic E-state index is 0.179. The van der Waals surface area contributed by atoms with Gasteiger partial charge in [-0.1, -0.05) is 6.92 Å². The van der Waals surface area contributed by atoms with Gasteiger partial charge in [-0.25, -0.2) is 0 Å². The van der Waals surface area contributed by atoms with Crippen molar-refractivity contribution in [3.8, 4) is 0 Å². The monoisotopic (exact) mass is 210 g/mol. The molecule has 1 aliphatic rings. The Kier molecular flexibility index (Phi) is 2.96. The van der Waals surface area contributed by atoms with E-state index in [1.54, 1.807) is 24.1 Å². The Bertz CT molecular complexity index is 324. The summed E-state index contributed by atoms with van der Waals surface area (Å²) >= 11 is 1.78. The van der Waals surface area contributed by atoms with Crippen molar-refractivity contribution in [3.63, 3.8) is 0 Å². The minimum absolute atomic E-state index is 0.179. The van der Waals surface area contributed by atoms with Crippen molar-refractivity contribution in [3.05, 3.63) is 23.7 Å². The summed E-state index contributed by atoms with van der Waals surface area (Å²) in [7, 11) is 0. The molecular formula is C11H14O2S. The third-order valence-corrected chi connectivity index (χ3v) is 3.93. The van der Waals surface area contributed by atoms with Gasteiger partial charge in [-0.15, -0.1) is 0 Å². The predicted octanol–water partition coefficient (Wildman–Crippen LogP) is 2.92. The van der Waals surface area contributed by atoms with Crippen LogP contribution in [0.15, 0.2) is 16.7 Å². The van der Waals surface area contributed by atoms with E-state index in [0.29, 0.717) is 0 Å². The molecule has 0 N–H and O–H groups in total. The molecule has 1 aromatic rings. The predicted molar refractivity (Wildman–Crippen MR) is 57.9 cm³/mol. The lowest BCUT2D eigenvalue weighted by molar-refractivity contribution is 0.0986. The van der Waals surface area contributed by atoms with E-state index in [4.69, 9.17) is 4.42 Å². The second kappa shape index (κ2) is 4.22. The smallest absolute Gasteiger partial charge is 0.179 e. The van der Waals surface area contributed by atoms with Gasteiger partial charge in [-0.05, 0) is 24.7 Å². The van der Waals surface area contributed by atoms with Crippen LogP contribution in [0.3, 0.4) is 0 Å². The number of hydrogen-bond donors (Lipinski definition) is 0.